The summed E-state index contributed by atoms with van der Waals surface area (Å²) >= 11 is 6.92. The van der Waals surface area contributed by atoms with Gasteiger partial charge in [0.25, 0.3) is 5.91 Å². The van der Waals surface area contributed by atoms with E-state index in [1.165, 1.54) is 13.3 Å². The summed E-state index contributed by atoms with van der Waals surface area (Å²) < 4.78 is 10.2. The van der Waals surface area contributed by atoms with Crippen LogP contribution in [0.2, 0.25) is 5.02 Å². The molecule has 0 bridgehead atoms. The first kappa shape index (κ1) is 17.2. The number of aromatic nitrogens is 1. The quantitative estimate of drug-likeness (QED) is 0.833. The van der Waals surface area contributed by atoms with E-state index in [2.05, 4.69) is 15.0 Å². The zero-order valence-corrected chi connectivity index (χ0v) is 14.3. The predicted octanol–water partition coefficient (Wildman–Crippen LogP) is 3.30. The molecule has 0 fully saturated rings. The molecule has 0 unspecified atom stereocenters. The SMILES string of the molecule is COC(=O)c1cnc(NC(=O)[C@@H](C)Oc2ccc(Cl)cc2C)s1. The molecule has 1 amide bonds. The van der Waals surface area contributed by atoms with Gasteiger partial charge in [0.05, 0.1) is 13.3 Å². The minimum absolute atomic E-state index is 0.304. The highest BCUT2D eigenvalue weighted by Crippen LogP contribution is 2.23. The number of nitrogens with one attached hydrogen (secondary N) is 1. The molecule has 0 aliphatic rings. The highest BCUT2D eigenvalue weighted by atomic mass is 35.5. The molecule has 1 aromatic carbocycles. The van der Waals surface area contributed by atoms with Crippen LogP contribution in [-0.4, -0.2) is 30.1 Å². The van der Waals surface area contributed by atoms with Crippen molar-refractivity contribution in [2.75, 3.05) is 12.4 Å². The molecule has 0 radical (unpaired) electrons. The van der Waals surface area contributed by atoms with Gasteiger partial charge in [0.15, 0.2) is 11.2 Å². The number of halogens is 1. The molecule has 0 aliphatic heterocycles. The molecular formula is C15H15ClN2O4S. The molecule has 1 atom stereocenters. The average molecular weight is 355 g/mol. The second-order valence-electron chi connectivity index (χ2n) is 4.68. The standard InChI is InChI=1S/C15H15ClN2O4S/c1-8-6-10(16)4-5-11(8)22-9(2)13(19)18-15-17-7-12(23-15)14(20)21-3/h4-7,9H,1-3H3,(H,17,18,19)/t9-/m1/s1. The smallest absolute Gasteiger partial charge is 0.349 e. The summed E-state index contributed by atoms with van der Waals surface area (Å²) in [6.45, 7) is 3.47. The molecule has 1 heterocycles. The Hall–Kier alpha value is -2.12. The Morgan fingerprint density at radius 3 is 2.78 bits per heavy atom. The topological polar surface area (TPSA) is 77.5 Å². The summed E-state index contributed by atoms with van der Waals surface area (Å²) in [5.74, 6) is -0.291. The van der Waals surface area contributed by atoms with Gasteiger partial charge in [-0.1, -0.05) is 22.9 Å². The largest absolute Gasteiger partial charge is 0.481 e. The highest BCUT2D eigenvalue weighted by molar-refractivity contribution is 7.17. The molecule has 23 heavy (non-hydrogen) atoms. The fourth-order valence-electron chi connectivity index (χ4n) is 1.72. The van der Waals surface area contributed by atoms with Crippen molar-refractivity contribution in [3.8, 4) is 5.75 Å². The second-order valence-corrected chi connectivity index (χ2v) is 6.15. The summed E-state index contributed by atoms with van der Waals surface area (Å²) in [4.78, 5) is 27.8. The number of aryl methyl sites for hydroxylation is 1. The van der Waals surface area contributed by atoms with Gasteiger partial charge in [0, 0.05) is 5.02 Å². The van der Waals surface area contributed by atoms with Crippen molar-refractivity contribution in [2.24, 2.45) is 0 Å². The first-order valence-electron chi connectivity index (χ1n) is 6.68. The number of hydrogen-bond donors (Lipinski definition) is 1. The maximum absolute atomic E-state index is 12.1. The number of ether oxygens (including phenoxy) is 2. The summed E-state index contributed by atoms with van der Waals surface area (Å²) in [6, 6.07) is 5.16. The summed E-state index contributed by atoms with van der Waals surface area (Å²) in [5.41, 5.74) is 0.833. The maximum atomic E-state index is 12.1. The number of amides is 1. The number of carbonyl (C=O) groups is 2. The monoisotopic (exact) mass is 354 g/mol. The zero-order chi connectivity index (χ0) is 17.0. The molecule has 2 aromatic rings. The van der Waals surface area contributed by atoms with Crippen LogP contribution in [0.15, 0.2) is 24.4 Å². The number of esters is 1. The minimum Gasteiger partial charge on any atom is -0.481 e. The van der Waals surface area contributed by atoms with Crippen LogP contribution < -0.4 is 10.1 Å². The van der Waals surface area contributed by atoms with Crippen LogP contribution in [0, 0.1) is 6.92 Å². The third kappa shape index (κ3) is 4.43. The third-order valence-electron chi connectivity index (χ3n) is 2.93. The van der Waals surface area contributed by atoms with Crippen molar-refractivity contribution in [3.05, 3.63) is 39.9 Å². The number of hydrogen-bond acceptors (Lipinski definition) is 6. The van der Waals surface area contributed by atoms with E-state index in [-0.39, 0.29) is 5.91 Å². The van der Waals surface area contributed by atoms with E-state index in [4.69, 9.17) is 16.3 Å². The van der Waals surface area contributed by atoms with Crippen molar-refractivity contribution >= 4 is 39.9 Å². The van der Waals surface area contributed by atoms with Gasteiger partial charge in [-0.2, -0.15) is 0 Å². The van der Waals surface area contributed by atoms with Crippen molar-refractivity contribution in [1.82, 2.24) is 4.98 Å². The van der Waals surface area contributed by atoms with Crippen LogP contribution in [0.25, 0.3) is 0 Å². The van der Waals surface area contributed by atoms with Crippen LogP contribution in [0.4, 0.5) is 5.13 Å². The molecule has 1 N–H and O–H groups in total. The van der Waals surface area contributed by atoms with Crippen molar-refractivity contribution in [1.29, 1.82) is 0 Å². The number of methoxy groups -OCH3 is 1. The molecule has 1 aromatic heterocycles. The lowest BCUT2D eigenvalue weighted by molar-refractivity contribution is -0.122. The number of rotatable bonds is 5. The molecule has 122 valence electrons. The average Bonchev–Trinajstić information content (AvgIpc) is 2.97. The summed E-state index contributed by atoms with van der Waals surface area (Å²) in [6.07, 6.45) is 0.612. The highest BCUT2D eigenvalue weighted by Gasteiger charge is 2.18. The van der Waals surface area contributed by atoms with Crippen LogP contribution in [0.5, 0.6) is 5.75 Å². The zero-order valence-electron chi connectivity index (χ0n) is 12.8. The van der Waals surface area contributed by atoms with E-state index in [1.807, 2.05) is 6.92 Å². The summed E-state index contributed by atoms with van der Waals surface area (Å²) in [5, 5.41) is 3.51. The van der Waals surface area contributed by atoms with Gasteiger partial charge in [-0.15, -0.1) is 0 Å². The lowest BCUT2D eigenvalue weighted by atomic mass is 10.2. The van der Waals surface area contributed by atoms with Gasteiger partial charge in [0.2, 0.25) is 0 Å². The van der Waals surface area contributed by atoms with Gasteiger partial charge >= 0.3 is 5.97 Å². The molecule has 8 heteroatoms. The maximum Gasteiger partial charge on any atom is 0.349 e. The van der Waals surface area contributed by atoms with Crippen LogP contribution >= 0.6 is 22.9 Å². The normalized spacial score (nSPS) is 11.7. The Morgan fingerprint density at radius 2 is 2.13 bits per heavy atom. The van der Waals surface area contributed by atoms with E-state index < -0.39 is 12.1 Å². The third-order valence-corrected chi connectivity index (χ3v) is 4.06. The van der Waals surface area contributed by atoms with Crippen molar-refractivity contribution in [3.63, 3.8) is 0 Å². The Bertz CT molecular complexity index is 732. The van der Waals surface area contributed by atoms with Crippen molar-refractivity contribution in [2.45, 2.75) is 20.0 Å². The van der Waals surface area contributed by atoms with E-state index in [9.17, 15) is 9.59 Å². The molecule has 0 aliphatic carbocycles. The second kappa shape index (κ2) is 7.43. The fraction of sp³-hybridized carbons (Fsp3) is 0.267. The molecule has 0 saturated heterocycles. The Morgan fingerprint density at radius 1 is 1.39 bits per heavy atom. The Kier molecular flexibility index (Phi) is 5.57. The van der Waals surface area contributed by atoms with Crippen LogP contribution in [-0.2, 0) is 9.53 Å². The van der Waals surface area contributed by atoms with Gasteiger partial charge in [-0.25, -0.2) is 9.78 Å². The Balaban J connectivity index is 1.99. The lowest BCUT2D eigenvalue weighted by Gasteiger charge is -2.15. The van der Waals surface area contributed by atoms with Gasteiger partial charge in [-0.3, -0.25) is 10.1 Å². The molecule has 0 spiro atoms. The molecule has 0 saturated carbocycles. The summed E-state index contributed by atoms with van der Waals surface area (Å²) in [7, 11) is 1.28. The first-order valence-corrected chi connectivity index (χ1v) is 7.88. The fourth-order valence-corrected chi connectivity index (χ4v) is 2.69. The van der Waals surface area contributed by atoms with Gasteiger partial charge < -0.3 is 9.47 Å². The van der Waals surface area contributed by atoms with E-state index in [0.717, 1.165) is 16.9 Å². The number of benzene rings is 1. The van der Waals surface area contributed by atoms with Gasteiger partial charge in [0.1, 0.15) is 10.6 Å². The number of nitrogens with zero attached hydrogens (tertiary/aromatic N) is 1. The number of anilines is 1. The molecular weight excluding hydrogens is 340 g/mol. The van der Waals surface area contributed by atoms with Gasteiger partial charge in [-0.05, 0) is 37.6 Å². The van der Waals surface area contributed by atoms with E-state index in [0.29, 0.717) is 20.8 Å². The minimum atomic E-state index is -0.736. The number of thiazole rings is 1. The van der Waals surface area contributed by atoms with E-state index in [1.54, 1.807) is 25.1 Å². The molecule has 6 nitrogen and oxygen atoms in total. The van der Waals surface area contributed by atoms with Crippen molar-refractivity contribution < 1.29 is 19.1 Å². The van der Waals surface area contributed by atoms with Crippen LogP contribution in [0.1, 0.15) is 22.2 Å². The molecule has 2 rings (SSSR count). The predicted molar refractivity (Wildman–Crippen MR) is 88.4 cm³/mol. The Labute approximate surface area is 142 Å². The first-order chi connectivity index (χ1) is 10.9. The lowest BCUT2D eigenvalue weighted by Crippen LogP contribution is -2.30. The van der Waals surface area contributed by atoms with Crippen LogP contribution in [0.3, 0.4) is 0 Å². The van der Waals surface area contributed by atoms with E-state index >= 15 is 0 Å². The number of carbonyl (C=O) groups excluding carboxylic acids is 2.